The van der Waals surface area contributed by atoms with Crippen molar-refractivity contribution < 1.29 is 8.42 Å². The molecule has 3 rings (SSSR count). The lowest BCUT2D eigenvalue weighted by Gasteiger charge is -2.07. The van der Waals surface area contributed by atoms with Crippen LogP contribution in [0.4, 0.5) is 5.69 Å². The van der Waals surface area contributed by atoms with Crippen LogP contribution in [0, 0.1) is 0 Å². The highest BCUT2D eigenvalue weighted by Crippen LogP contribution is 2.31. The lowest BCUT2D eigenvalue weighted by atomic mass is 10.2. The van der Waals surface area contributed by atoms with Crippen LogP contribution >= 0.6 is 34.5 Å². The van der Waals surface area contributed by atoms with Gasteiger partial charge < -0.3 is 0 Å². The number of benzene rings is 2. The molecule has 0 aliphatic rings. The van der Waals surface area contributed by atoms with Gasteiger partial charge >= 0.3 is 0 Å². The van der Waals surface area contributed by atoms with Gasteiger partial charge in [0.25, 0.3) is 10.0 Å². The molecule has 0 spiro atoms. The predicted molar refractivity (Wildman–Crippen MR) is 97.0 cm³/mol. The molecule has 0 bridgehead atoms. The molecule has 3 nitrogen and oxygen atoms in total. The molecule has 7 heteroatoms. The lowest BCUT2D eigenvalue weighted by molar-refractivity contribution is 0.601. The van der Waals surface area contributed by atoms with Gasteiger partial charge in [0.05, 0.1) is 20.6 Å². The summed E-state index contributed by atoms with van der Waals surface area (Å²) in [6.45, 7) is 0. The van der Waals surface area contributed by atoms with Gasteiger partial charge in [0.1, 0.15) is 0 Å². The van der Waals surface area contributed by atoms with E-state index in [1.165, 1.54) is 29.5 Å². The Morgan fingerprint density at radius 2 is 1.65 bits per heavy atom. The van der Waals surface area contributed by atoms with Gasteiger partial charge in [-0.05, 0) is 29.8 Å². The molecular weight excluding hydrogens is 373 g/mol. The van der Waals surface area contributed by atoms with Crippen LogP contribution in [0.1, 0.15) is 0 Å². The number of rotatable bonds is 4. The van der Waals surface area contributed by atoms with Crippen LogP contribution in [0.5, 0.6) is 0 Å². The summed E-state index contributed by atoms with van der Waals surface area (Å²) in [5, 5.41) is 2.27. The van der Waals surface area contributed by atoms with Crippen LogP contribution < -0.4 is 4.72 Å². The Labute approximate surface area is 148 Å². The Bertz CT molecular complexity index is 938. The van der Waals surface area contributed by atoms with E-state index < -0.39 is 10.0 Å². The van der Waals surface area contributed by atoms with Gasteiger partial charge in [-0.2, -0.15) is 0 Å². The highest BCUT2D eigenvalue weighted by Gasteiger charge is 2.16. The Morgan fingerprint density at radius 1 is 0.913 bits per heavy atom. The first kappa shape index (κ1) is 16.3. The van der Waals surface area contributed by atoms with E-state index in [1.807, 2.05) is 30.3 Å². The maximum Gasteiger partial charge on any atom is 0.261 e. The molecule has 3 aromatic rings. The average Bonchev–Trinajstić information content (AvgIpc) is 2.98. The second-order valence-corrected chi connectivity index (χ2v) is 8.16. The summed E-state index contributed by atoms with van der Waals surface area (Å²) in [5.41, 5.74) is 1.55. The third kappa shape index (κ3) is 3.70. The molecule has 23 heavy (non-hydrogen) atoms. The van der Waals surface area contributed by atoms with E-state index in [-0.39, 0.29) is 9.92 Å². The minimum Gasteiger partial charge on any atom is -0.279 e. The molecule has 0 unspecified atom stereocenters. The third-order valence-corrected chi connectivity index (χ3v) is 6.21. The number of hydrogen-bond donors (Lipinski definition) is 1. The van der Waals surface area contributed by atoms with Gasteiger partial charge in [-0.15, -0.1) is 11.3 Å². The molecule has 118 valence electrons. The Hall–Kier alpha value is -1.53. The number of anilines is 1. The monoisotopic (exact) mass is 383 g/mol. The van der Waals surface area contributed by atoms with Crippen molar-refractivity contribution in [3.8, 4) is 10.4 Å². The summed E-state index contributed by atoms with van der Waals surface area (Å²) in [6.07, 6.45) is 0. The van der Waals surface area contributed by atoms with Crippen LogP contribution in [-0.4, -0.2) is 8.42 Å². The molecule has 0 amide bonds. The fourth-order valence-corrected chi connectivity index (χ4v) is 4.35. The van der Waals surface area contributed by atoms with E-state index in [0.29, 0.717) is 10.7 Å². The quantitative estimate of drug-likeness (QED) is 0.644. The molecule has 0 saturated heterocycles. The first-order valence-electron chi connectivity index (χ1n) is 6.57. The fourth-order valence-electron chi connectivity index (χ4n) is 2.00. The van der Waals surface area contributed by atoms with E-state index in [2.05, 4.69) is 4.72 Å². The van der Waals surface area contributed by atoms with Crippen molar-refractivity contribution in [2.24, 2.45) is 0 Å². The second-order valence-electron chi connectivity index (χ2n) is 4.75. The van der Waals surface area contributed by atoms with E-state index in [1.54, 1.807) is 11.4 Å². The van der Waals surface area contributed by atoms with Crippen molar-refractivity contribution in [1.82, 2.24) is 0 Å². The minimum absolute atomic E-state index is 0.0689. The molecule has 2 aromatic carbocycles. The molecule has 0 aliphatic carbocycles. The molecule has 0 saturated carbocycles. The number of nitrogens with one attached hydrogen (secondary N) is 1. The van der Waals surface area contributed by atoms with Crippen molar-refractivity contribution in [1.29, 1.82) is 0 Å². The van der Waals surface area contributed by atoms with Crippen LogP contribution in [0.15, 0.2) is 64.9 Å². The van der Waals surface area contributed by atoms with E-state index >= 15 is 0 Å². The van der Waals surface area contributed by atoms with Crippen LogP contribution in [0.2, 0.25) is 10.0 Å². The number of hydrogen-bond acceptors (Lipinski definition) is 3. The standard InChI is InChI=1S/C16H11Cl2NO2S2/c17-14-7-6-13(9-15(14)18)23(20,21)19-12-8-16(22-10-12)11-4-2-1-3-5-11/h1-10,19H. The lowest BCUT2D eigenvalue weighted by Crippen LogP contribution is -2.12. The fraction of sp³-hybridized carbons (Fsp3) is 0. The summed E-state index contributed by atoms with van der Waals surface area (Å²) in [4.78, 5) is 1.05. The van der Waals surface area contributed by atoms with Crippen molar-refractivity contribution in [3.05, 3.63) is 70.0 Å². The van der Waals surface area contributed by atoms with Crippen LogP contribution in [-0.2, 0) is 10.0 Å². The smallest absolute Gasteiger partial charge is 0.261 e. The molecule has 0 radical (unpaired) electrons. The van der Waals surface area contributed by atoms with Gasteiger partial charge in [-0.3, -0.25) is 4.72 Å². The zero-order valence-electron chi connectivity index (χ0n) is 11.7. The Kier molecular flexibility index (Phi) is 4.64. The van der Waals surface area contributed by atoms with E-state index in [4.69, 9.17) is 23.2 Å². The average molecular weight is 384 g/mol. The van der Waals surface area contributed by atoms with Crippen molar-refractivity contribution in [2.45, 2.75) is 4.90 Å². The minimum atomic E-state index is -3.71. The SMILES string of the molecule is O=S(=O)(Nc1csc(-c2ccccc2)c1)c1ccc(Cl)c(Cl)c1. The first-order valence-corrected chi connectivity index (χ1v) is 9.69. The van der Waals surface area contributed by atoms with Gasteiger partial charge in [0, 0.05) is 10.3 Å². The molecular formula is C16H11Cl2NO2S2. The summed E-state index contributed by atoms with van der Waals surface area (Å²) < 4.78 is 27.4. The van der Waals surface area contributed by atoms with Gasteiger partial charge in [-0.25, -0.2) is 8.42 Å². The zero-order chi connectivity index (χ0) is 16.4. The van der Waals surface area contributed by atoms with Crippen molar-refractivity contribution >= 4 is 50.2 Å². The normalized spacial score (nSPS) is 11.4. The summed E-state index contributed by atoms with van der Waals surface area (Å²) in [5.74, 6) is 0. The predicted octanol–water partition coefficient (Wildman–Crippen LogP) is 5.52. The Balaban J connectivity index is 1.86. The van der Waals surface area contributed by atoms with Crippen LogP contribution in [0.3, 0.4) is 0 Å². The maximum absolute atomic E-state index is 12.4. The molecule has 1 aromatic heterocycles. The van der Waals surface area contributed by atoms with E-state index in [9.17, 15) is 8.42 Å². The zero-order valence-corrected chi connectivity index (χ0v) is 14.8. The van der Waals surface area contributed by atoms with Gasteiger partial charge in [0.15, 0.2) is 0 Å². The number of halogens is 2. The molecule has 0 atom stereocenters. The Morgan fingerprint density at radius 3 is 2.35 bits per heavy atom. The maximum atomic E-state index is 12.4. The van der Waals surface area contributed by atoms with Crippen molar-refractivity contribution in [2.75, 3.05) is 4.72 Å². The molecule has 0 fully saturated rings. The highest BCUT2D eigenvalue weighted by molar-refractivity contribution is 7.92. The number of thiophene rings is 1. The molecule has 0 aliphatic heterocycles. The highest BCUT2D eigenvalue weighted by atomic mass is 35.5. The molecule has 1 N–H and O–H groups in total. The largest absolute Gasteiger partial charge is 0.279 e. The summed E-state index contributed by atoms with van der Waals surface area (Å²) >= 11 is 13.2. The first-order chi connectivity index (χ1) is 11.0. The second kappa shape index (κ2) is 6.53. The topological polar surface area (TPSA) is 46.2 Å². The summed E-state index contributed by atoms with van der Waals surface area (Å²) in [7, 11) is -3.71. The van der Waals surface area contributed by atoms with Crippen LogP contribution in [0.25, 0.3) is 10.4 Å². The van der Waals surface area contributed by atoms with Gasteiger partial charge in [-0.1, -0.05) is 53.5 Å². The molecule has 1 heterocycles. The third-order valence-electron chi connectivity index (χ3n) is 3.11. The van der Waals surface area contributed by atoms with Crippen molar-refractivity contribution in [3.63, 3.8) is 0 Å². The number of sulfonamides is 1. The summed E-state index contributed by atoms with van der Waals surface area (Å²) in [6, 6.07) is 15.8. The van der Waals surface area contributed by atoms with E-state index in [0.717, 1.165) is 10.4 Å². The van der Waals surface area contributed by atoms with Gasteiger partial charge in [0.2, 0.25) is 0 Å².